The van der Waals surface area contributed by atoms with Crippen LogP contribution < -0.4 is 5.32 Å². The summed E-state index contributed by atoms with van der Waals surface area (Å²) in [6.07, 6.45) is 0.794. The SMILES string of the molecule is Cc1cc(CNCCCO)c2ccccc2n1. The fourth-order valence-electron chi connectivity index (χ4n) is 1.97. The van der Waals surface area contributed by atoms with Crippen LogP contribution in [-0.4, -0.2) is 23.2 Å². The molecule has 0 radical (unpaired) electrons. The number of aryl methyl sites for hydroxylation is 1. The molecular weight excluding hydrogens is 212 g/mol. The number of aliphatic hydroxyl groups is 1. The lowest BCUT2D eigenvalue weighted by Gasteiger charge is -2.08. The standard InChI is InChI=1S/C14H18N2O/c1-11-9-12(10-15-7-4-8-17)13-5-2-3-6-14(13)16-11/h2-3,5-6,9,15,17H,4,7-8,10H2,1H3. The molecule has 2 N–H and O–H groups in total. The molecule has 1 heterocycles. The van der Waals surface area contributed by atoms with Gasteiger partial charge in [0.2, 0.25) is 0 Å². The van der Waals surface area contributed by atoms with E-state index in [1.165, 1.54) is 10.9 Å². The third-order valence-corrected chi connectivity index (χ3v) is 2.76. The molecule has 1 aromatic carbocycles. The molecular formula is C14H18N2O. The molecule has 1 aromatic heterocycles. The first kappa shape index (κ1) is 12.0. The molecule has 0 spiro atoms. The highest BCUT2D eigenvalue weighted by molar-refractivity contribution is 5.82. The van der Waals surface area contributed by atoms with E-state index in [9.17, 15) is 0 Å². The third-order valence-electron chi connectivity index (χ3n) is 2.76. The van der Waals surface area contributed by atoms with Gasteiger partial charge in [0, 0.05) is 24.2 Å². The minimum atomic E-state index is 0.239. The zero-order chi connectivity index (χ0) is 12.1. The van der Waals surface area contributed by atoms with Crippen molar-refractivity contribution in [1.29, 1.82) is 0 Å². The average molecular weight is 230 g/mol. The highest BCUT2D eigenvalue weighted by atomic mass is 16.3. The number of hydrogen-bond donors (Lipinski definition) is 2. The largest absolute Gasteiger partial charge is 0.396 e. The lowest BCUT2D eigenvalue weighted by molar-refractivity contribution is 0.286. The number of aliphatic hydroxyl groups excluding tert-OH is 1. The van der Waals surface area contributed by atoms with Gasteiger partial charge in [0.1, 0.15) is 0 Å². The molecule has 0 aliphatic rings. The van der Waals surface area contributed by atoms with E-state index < -0.39 is 0 Å². The molecule has 0 aliphatic carbocycles. The quantitative estimate of drug-likeness (QED) is 0.772. The lowest BCUT2D eigenvalue weighted by Crippen LogP contribution is -2.16. The normalized spacial score (nSPS) is 10.9. The summed E-state index contributed by atoms with van der Waals surface area (Å²) in [6.45, 7) is 3.92. The van der Waals surface area contributed by atoms with E-state index in [1.54, 1.807) is 0 Å². The van der Waals surface area contributed by atoms with Crippen LogP contribution in [0.1, 0.15) is 17.7 Å². The molecule has 3 heteroatoms. The van der Waals surface area contributed by atoms with Gasteiger partial charge in [-0.2, -0.15) is 0 Å². The Bertz CT molecular complexity index is 497. The van der Waals surface area contributed by atoms with E-state index in [1.807, 2.05) is 25.1 Å². The van der Waals surface area contributed by atoms with Crippen molar-refractivity contribution in [2.24, 2.45) is 0 Å². The molecule has 0 saturated carbocycles. The average Bonchev–Trinajstić information content (AvgIpc) is 2.34. The van der Waals surface area contributed by atoms with Crippen LogP contribution in [0.2, 0.25) is 0 Å². The van der Waals surface area contributed by atoms with Gasteiger partial charge in [-0.05, 0) is 37.6 Å². The highest BCUT2D eigenvalue weighted by Gasteiger charge is 2.02. The van der Waals surface area contributed by atoms with Gasteiger partial charge in [0.25, 0.3) is 0 Å². The van der Waals surface area contributed by atoms with Crippen molar-refractivity contribution in [3.63, 3.8) is 0 Å². The molecule has 0 unspecified atom stereocenters. The zero-order valence-corrected chi connectivity index (χ0v) is 10.1. The summed E-state index contributed by atoms with van der Waals surface area (Å²) in [5.74, 6) is 0. The molecule has 0 saturated heterocycles. The molecule has 2 rings (SSSR count). The van der Waals surface area contributed by atoms with Crippen molar-refractivity contribution in [2.45, 2.75) is 19.9 Å². The van der Waals surface area contributed by atoms with Gasteiger partial charge in [0.15, 0.2) is 0 Å². The third kappa shape index (κ3) is 3.02. The number of rotatable bonds is 5. The van der Waals surface area contributed by atoms with Crippen LogP contribution in [0.4, 0.5) is 0 Å². The number of nitrogens with one attached hydrogen (secondary N) is 1. The second kappa shape index (κ2) is 5.75. The lowest BCUT2D eigenvalue weighted by atomic mass is 10.1. The van der Waals surface area contributed by atoms with Crippen molar-refractivity contribution in [1.82, 2.24) is 10.3 Å². The molecule has 0 fully saturated rings. The van der Waals surface area contributed by atoms with Gasteiger partial charge in [-0.3, -0.25) is 4.98 Å². The second-order valence-corrected chi connectivity index (χ2v) is 4.19. The van der Waals surface area contributed by atoms with E-state index in [0.29, 0.717) is 0 Å². The van der Waals surface area contributed by atoms with Crippen LogP contribution in [0.3, 0.4) is 0 Å². The summed E-state index contributed by atoms with van der Waals surface area (Å²) in [6, 6.07) is 10.3. The molecule has 0 aliphatic heterocycles. The summed E-state index contributed by atoms with van der Waals surface area (Å²) < 4.78 is 0. The Morgan fingerprint density at radius 2 is 2.12 bits per heavy atom. The maximum Gasteiger partial charge on any atom is 0.0708 e. The first-order valence-electron chi connectivity index (χ1n) is 5.98. The summed E-state index contributed by atoms with van der Waals surface area (Å²) in [5, 5.41) is 13.3. The molecule has 0 bridgehead atoms. The maximum absolute atomic E-state index is 8.73. The molecule has 17 heavy (non-hydrogen) atoms. The minimum Gasteiger partial charge on any atom is -0.396 e. The smallest absolute Gasteiger partial charge is 0.0708 e. The number of nitrogens with zero attached hydrogens (tertiary/aromatic N) is 1. The number of hydrogen-bond acceptors (Lipinski definition) is 3. The van der Waals surface area contributed by atoms with E-state index in [4.69, 9.17) is 5.11 Å². The van der Waals surface area contributed by atoms with Crippen molar-refractivity contribution in [3.8, 4) is 0 Å². The fourth-order valence-corrected chi connectivity index (χ4v) is 1.97. The Labute approximate surface area is 102 Å². The number of pyridine rings is 1. The van der Waals surface area contributed by atoms with E-state index in [-0.39, 0.29) is 6.61 Å². The Morgan fingerprint density at radius 1 is 1.29 bits per heavy atom. The monoisotopic (exact) mass is 230 g/mol. The van der Waals surface area contributed by atoms with Crippen molar-refractivity contribution >= 4 is 10.9 Å². The second-order valence-electron chi connectivity index (χ2n) is 4.19. The summed E-state index contributed by atoms with van der Waals surface area (Å²) in [7, 11) is 0. The molecule has 0 atom stereocenters. The van der Waals surface area contributed by atoms with Gasteiger partial charge in [-0.1, -0.05) is 18.2 Å². The van der Waals surface area contributed by atoms with Crippen molar-refractivity contribution in [2.75, 3.05) is 13.2 Å². The summed E-state index contributed by atoms with van der Waals surface area (Å²) in [4.78, 5) is 4.51. The Hall–Kier alpha value is -1.45. The topological polar surface area (TPSA) is 45.1 Å². The summed E-state index contributed by atoms with van der Waals surface area (Å²) >= 11 is 0. The first-order chi connectivity index (χ1) is 8.31. The van der Waals surface area contributed by atoms with Crippen LogP contribution >= 0.6 is 0 Å². The van der Waals surface area contributed by atoms with Gasteiger partial charge in [-0.25, -0.2) is 0 Å². The Morgan fingerprint density at radius 3 is 2.94 bits per heavy atom. The van der Waals surface area contributed by atoms with Crippen molar-refractivity contribution in [3.05, 3.63) is 41.6 Å². The maximum atomic E-state index is 8.73. The van der Waals surface area contributed by atoms with Crippen LogP contribution in [0.5, 0.6) is 0 Å². The molecule has 2 aromatic rings. The number of benzene rings is 1. The van der Waals surface area contributed by atoms with Gasteiger partial charge < -0.3 is 10.4 Å². The predicted molar refractivity (Wildman–Crippen MR) is 69.9 cm³/mol. The Balaban J connectivity index is 2.20. The molecule has 0 amide bonds. The van der Waals surface area contributed by atoms with Crippen LogP contribution in [0.25, 0.3) is 10.9 Å². The predicted octanol–water partition coefficient (Wildman–Crippen LogP) is 2.02. The summed E-state index contributed by atoms with van der Waals surface area (Å²) in [5.41, 5.74) is 3.36. The fraction of sp³-hybridized carbons (Fsp3) is 0.357. The highest BCUT2D eigenvalue weighted by Crippen LogP contribution is 2.17. The van der Waals surface area contributed by atoms with Gasteiger partial charge >= 0.3 is 0 Å². The van der Waals surface area contributed by atoms with Crippen molar-refractivity contribution < 1.29 is 5.11 Å². The van der Waals surface area contributed by atoms with E-state index in [2.05, 4.69) is 22.4 Å². The Kier molecular flexibility index (Phi) is 4.07. The van der Waals surface area contributed by atoms with Gasteiger partial charge in [-0.15, -0.1) is 0 Å². The van der Waals surface area contributed by atoms with Crippen LogP contribution in [0.15, 0.2) is 30.3 Å². The van der Waals surface area contributed by atoms with E-state index >= 15 is 0 Å². The minimum absolute atomic E-state index is 0.239. The molecule has 90 valence electrons. The number of fused-ring (bicyclic) bond motifs is 1. The van der Waals surface area contributed by atoms with E-state index in [0.717, 1.165) is 30.7 Å². The van der Waals surface area contributed by atoms with Crippen LogP contribution in [0, 0.1) is 6.92 Å². The molecule has 3 nitrogen and oxygen atoms in total. The zero-order valence-electron chi connectivity index (χ0n) is 10.1. The number of aromatic nitrogens is 1. The van der Waals surface area contributed by atoms with Crippen LogP contribution in [-0.2, 0) is 6.54 Å². The van der Waals surface area contributed by atoms with Gasteiger partial charge in [0.05, 0.1) is 5.52 Å². The number of para-hydroxylation sites is 1. The first-order valence-corrected chi connectivity index (χ1v) is 5.98.